The quantitative estimate of drug-likeness (QED) is 0.595. The lowest BCUT2D eigenvalue weighted by Crippen LogP contribution is -2.40. The summed E-state index contributed by atoms with van der Waals surface area (Å²) >= 11 is 0. The molecule has 0 spiro atoms. The summed E-state index contributed by atoms with van der Waals surface area (Å²) in [6.07, 6.45) is 5.59. The molecule has 2 aromatic rings. The molecule has 7 rings (SSSR count). The number of hydrogen-bond donors (Lipinski definition) is 0. The first-order chi connectivity index (χ1) is 13.6. The van der Waals surface area contributed by atoms with Crippen molar-refractivity contribution in [3.63, 3.8) is 0 Å². The molecule has 4 heteroatoms. The maximum Gasteiger partial charge on any atom is 0.238 e. The predicted molar refractivity (Wildman–Crippen MR) is 105 cm³/mol. The first kappa shape index (κ1) is 16.1. The minimum absolute atomic E-state index is 0.0212. The van der Waals surface area contributed by atoms with Crippen LogP contribution in [0.1, 0.15) is 12.0 Å². The van der Waals surface area contributed by atoms with Crippen LogP contribution in [0.5, 0.6) is 11.5 Å². The largest absolute Gasteiger partial charge is 0.457 e. The minimum Gasteiger partial charge on any atom is -0.457 e. The lowest BCUT2D eigenvalue weighted by Gasteiger charge is -2.37. The molecule has 4 aliphatic carbocycles. The number of carbonyl (C=O) groups is 2. The van der Waals surface area contributed by atoms with Crippen LogP contribution >= 0.6 is 0 Å². The van der Waals surface area contributed by atoms with Gasteiger partial charge in [-0.3, -0.25) is 14.5 Å². The highest BCUT2D eigenvalue weighted by Crippen LogP contribution is 2.65. The smallest absolute Gasteiger partial charge is 0.238 e. The number of allylic oxidation sites excluding steroid dienone is 2. The predicted octanol–water partition coefficient (Wildman–Crippen LogP) is 4.34. The second kappa shape index (κ2) is 5.57. The number of ether oxygens (including phenoxy) is 1. The summed E-state index contributed by atoms with van der Waals surface area (Å²) in [5, 5.41) is 0. The average Bonchev–Trinajstić information content (AvgIpc) is 3.47. The van der Waals surface area contributed by atoms with Gasteiger partial charge >= 0.3 is 0 Å². The van der Waals surface area contributed by atoms with Crippen LogP contribution in [0.4, 0.5) is 5.69 Å². The number of imide groups is 1. The molecule has 1 saturated heterocycles. The molecule has 0 unspecified atom stereocenters. The van der Waals surface area contributed by atoms with Crippen LogP contribution in [0.25, 0.3) is 0 Å². The van der Waals surface area contributed by atoms with Crippen molar-refractivity contribution in [2.24, 2.45) is 35.5 Å². The Morgan fingerprint density at radius 3 is 2.11 bits per heavy atom. The Morgan fingerprint density at radius 1 is 0.857 bits per heavy atom. The van der Waals surface area contributed by atoms with E-state index in [4.69, 9.17) is 4.74 Å². The third-order valence-corrected chi connectivity index (χ3v) is 6.98. The molecule has 3 fully saturated rings. The molecule has 0 radical (unpaired) electrons. The van der Waals surface area contributed by atoms with Crippen molar-refractivity contribution in [3.05, 3.63) is 66.2 Å². The number of rotatable bonds is 3. The number of aryl methyl sites for hydroxylation is 1. The second-order valence-corrected chi connectivity index (χ2v) is 8.58. The number of nitrogens with zero attached hydrogens (tertiary/aromatic N) is 1. The summed E-state index contributed by atoms with van der Waals surface area (Å²) in [6.45, 7) is 2.02. The summed E-state index contributed by atoms with van der Waals surface area (Å²) in [5.74, 6) is 2.86. The van der Waals surface area contributed by atoms with E-state index in [1.807, 2.05) is 55.5 Å². The maximum atomic E-state index is 13.2. The van der Waals surface area contributed by atoms with Gasteiger partial charge in [0, 0.05) is 0 Å². The molecular formula is C24H21NO3. The number of amides is 2. The van der Waals surface area contributed by atoms with Gasteiger partial charge in [-0.2, -0.15) is 0 Å². The number of hydrogen-bond acceptors (Lipinski definition) is 3. The summed E-state index contributed by atoms with van der Waals surface area (Å²) in [4.78, 5) is 27.7. The topological polar surface area (TPSA) is 46.6 Å². The van der Waals surface area contributed by atoms with E-state index in [0.717, 1.165) is 11.3 Å². The number of anilines is 1. The van der Waals surface area contributed by atoms with E-state index in [1.54, 1.807) is 0 Å². The number of benzene rings is 2. The number of carbonyl (C=O) groups excluding carboxylic acids is 2. The van der Waals surface area contributed by atoms with E-state index in [1.165, 1.54) is 11.3 Å². The molecule has 2 bridgehead atoms. The summed E-state index contributed by atoms with van der Waals surface area (Å²) in [7, 11) is 0. The molecule has 28 heavy (non-hydrogen) atoms. The van der Waals surface area contributed by atoms with Gasteiger partial charge in [0.1, 0.15) is 11.5 Å². The van der Waals surface area contributed by atoms with Crippen LogP contribution in [-0.2, 0) is 9.59 Å². The van der Waals surface area contributed by atoms with Crippen molar-refractivity contribution in [1.29, 1.82) is 0 Å². The fourth-order valence-corrected chi connectivity index (χ4v) is 5.69. The van der Waals surface area contributed by atoms with E-state index in [9.17, 15) is 9.59 Å². The van der Waals surface area contributed by atoms with Crippen LogP contribution in [-0.4, -0.2) is 11.8 Å². The van der Waals surface area contributed by atoms with Crippen molar-refractivity contribution in [1.82, 2.24) is 0 Å². The zero-order chi connectivity index (χ0) is 19.0. The molecule has 0 aromatic heterocycles. The highest BCUT2D eigenvalue weighted by molar-refractivity contribution is 6.22. The molecule has 1 heterocycles. The van der Waals surface area contributed by atoms with Crippen LogP contribution in [0, 0.1) is 42.4 Å². The highest BCUT2D eigenvalue weighted by Gasteiger charge is 2.67. The van der Waals surface area contributed by atoms with Crippen molar-refractivity contribution >= 4 is 17.5 Å². The molecular weight excluding hydrogens is 350 g/mol. The minimum atomic E-state index is -0.158. The van der Waals surface area contributed by atoms with Crippen LogP contribution < -0.4 is 9.64 Å². The van der Waals surface area contributed by atoms with Gasteiger partial charge in [0.25, 0.3) is 0 Å². The average molecular weight is 371 g/mol. The lowest BCUT2D eigenvalue weighted by atomic mass is 9.63. The first-order valence-electron chi connectivity index (χ1n) is 10.0. The third-order valence-electron chi connectivity index (χ3n) is 6.98. The SMILES string of the molecule is Cc1cccc(Oc2ccc(N3C(=O)[C@@H]4[C@H]5C=C[C@@H]([C@@H]6C[C@@H]56)[C@H]4C3=O)cc2)c1. The van der Waals surface area contributed by atoms with Crippen molar-refractivity contribution < 1.29 is 14.3 Å². The summed E-state index contributed by atoms with van der Waals surface area (Å²) in [5.41, 5.74) is 1.78. The monoisotopic (exact) mass is 371 g/mol. The first-order valence-corrected chi connectivity index (χ1v) is 10.0. The molecule has 2 aromatic carbocycles. The Kier molecular flexibility index (Phi) is 3.20. The van der Waals surface area contributed by atoms with Crippen LogP contribution in [0.2, 0.25) is 0 Å². The Morgan fingerprint density at radius 2 is 1.50 bits per heavy atom. The van der Waals surface area contributed by atoms with Crippen LogP contribution in [0.15, 0.2) is 60.7 Å². The molecule has 140 valence electrons. The van der Waals surface area contributed by atoms with Crippen LogP contribution in [0.3, 0.4) is 0 Å². The third kappa shape index (κ3) is 2.17. The molecule has 4 nitrogen and oxygen atoms in total. The van der Waals surface area contributed by atoms with Crippen molar-refractivity contribution in [2.75, 3.05) is 4.90 Å². The summed E-state index contributed by atoms with van der Waals surface area (Å²) < 4.78 is 5.89. The van der Waals surface area contributed by atoms with Gasteiger partial charge in [-0.15, -0.1) is 0 Å². The van der Waals surface area contributed by atoms with Gasteiger partial charge in [-0.25, -0.2) is 0 Å². The van der Waals surface area contributed by atoms with Gasteiger partial charge in [-0.1, -0.05) is 24.3 Å². The van der Waals surface area contributed by atoms with Crippen molar-refractivity contribution in [2.45, 2.75) is 13.3 Å². The molecule has 0 N–H and O–H groups in total. The molecule has 2 saturated carbocycles. The van der Waals surface area contributed by atoms with Gasteiger partial charge in [0.05, 0.1) is 17.5 Å². The zero-order valence-corrected chi connectivity index (χ0v) is 15.6. The molecule has 2 amide bonds. The fourth-order valence-electron chi connectivity index (χ4n) is 5.69. The fraction of sp³-hybridized carbons (Fsp3) is 0.333. The zero-order valence-electron chi connectivity index (χ0n) is 15.6. The molecule has 6 atom stereocenters. The van der Waals surface area contributed by atoms with E-state index >= 15 is 0 Å². The maximum absolute atomic E-state index is 13.2. The van der Waals surface area contributed by atoms with E-state index in [0.29, 0.717) is 23.3 Å². The standard InChI is InChI=1S/C24H21NO3/c1-13-3-2-4-16(11-13)28-15-7-5-14(6-8-15)25-23(26)21-17-9-10-18(20-12-19(17)20)22(21)24(25)27/h2-11,17-22H,12H2,1H3/t17-,18-,19-,20-,21+,22+/m0/s1. The normalized spacial score (nSPS) is 34.4. The Bertz CT molecular complexity index is 988. The van der Waals surface area contributed by atoms with Gasteiger partial charge in [-0.05, 0) is 79.0 Å². The van der Waals surface area contributed by atoms with Gasteiger partial charge < -0.3 is 4.74 Å². The van der Waals surface area contributed by atoms with E-state index in [-0.39, 0.29) is 35.5 Å². The second-order valence-electron chi connectivity index (χ2n) is 8.58. The van der Waals surface area contributed by atoms with Gasteiger partial charge in [0.2, 0.25) is 11.8 Å². The van der Waals surface area contributed by atoms with Crippen molar-refractivity contribution in [3.8, 4) is 11.5 Å². The Hall–Kier alpha value is -2.88. The Balaban J connectivity index is 1.27. The molecule has 5 aliphatic rings. The van der Waals surface area contributed by atoms with Gasteiger partial charge in [0.15, 0.2) is 0 Å². The van der Waals surface area contributed by atoms with E-state index in [2.05, 4.69) is 12.2 Å². The van der Waals surface area contributed by atoms with E-state index < -0.39 is 0 Å². The molecule has 1 aliphatic heterocycles. The lowest BCUT2D eigenvalue weighted by molar-refractivity contribution is -0.124. The Labute approximate surface area is 163 Å². The highest BCUT2D eigenvalue weighted by atomic mass is 16.5. The summed E-state index contributed by atoms with van der Waals surface area (Å²) in [6, 6.07) is 15.1.